The number of fused-ring (bicyclic) bond motifs is 1. The molecule has 0 bridgehead atoms. The van der Waals surface area contributed by atoms with Crippen LogP contribution < -0.4 is 14.8 Å². The maximum atomic E-state index is 6.19. The zero-order chi connectivity index (χ0) is 12.5. The SMILES string of the molecule is CC1CN(Cc2cc(Cl)c3c(c2)OCO3)CCN1. The van der Waals surface area contributed by atoms with E-state index < -0.39 is 0 Å². The van der Waals surface area contributed by atoms with Crippen LogP contribution in [0.4, 0.5) is 0 Å². The lowest BCUT2D eigenvalue weighted by Crippen LogP contribution is -2.48. The number of hydrogen-bond acceptors (Lipinski definition) is 4. The van der Waals surface area contributed by atoms with Crippen molar-refractivity contribution in [1.29, 1.82) is 0 Å². The molecule has 0 radical (unpaired) electrons. The molecule has 0 amide bonds. The maximum Gasteiger partial charge on any atom is 0.231 e. The van der Waals surface area contributed by atoms with Gasteiger partial charge in [-0.05, 0) is 24.6 Å². The van der Waals surface area contributed by atoms with E-state index in [9.17, 15) is 0 Å². The summed E-state index contributed by atoms with van der Waals surface area (Å²) in [6.07, 6.45) is 0. The van der Waals surface area contributed by atoms with Gasteiger partial charge in [-0.15, -0.1) is 0 Å². The molecule has 1 unspecified atom stereocenters. The van der Waals surface area contributed by atoms with Crippen LogP contribution in [0.2, 0.25) is 5.02 Å². The molecule has 3 rings (SSSR count). The fourth-order valence-electron chi connectivity index (χ4n) is 2.53. The van der Waals surface area contributed by atoms with Gasteiger partial charge in [0.25, 0.3) is 0 Å². The molecule has 0 aliphatic carbocycles. The van der Waals surface area contributed by atoms with Gasteiger partial charge in [0.1, 0.15) is 0 Å². The minimum atomic E-state index is 0.267. The zero-order valence-corrected chi connectivity index (χ0v) is 11.2. The first-order valence-corrected chi connectivity index (χ1v) is 6.64. The summed E-state index contributed by atoms with van der Waals surface area (Å²) in [7, 11) is 0. The van der Waals surface area contributed by atoms with Gasteiger partial charge in [-0.1, -0.05) is 11.6 Å². The maximum absolute atomic E-state index is 6.19. The number of halogens is 1. The predicted molar refractivity (Wildman–Crippen MR) is 70.3 cm³/mol. The standard InChI is InChI=1S/C13H17ClN2O2/c1-9-6-16(3-2-15-9)7-10-4-11(14)13-12(5-10)17-8-18-13/h4-5,9,15H,2-3,6-8H2,1H3. The van der Waals surface area contributed by atoms with E-state index >= 15 is 0 Å². The minimum absolute atomic E-state index is 0.267. The van der Waals surface area contributed by atoms with E-state index in [-0.39, 0.29) is 6.79 Å². The first-order valence-electron chi connectivity index (χ1n) is 6.26. The second kappa shape index (κ2) is 4.96. The molecule has 0 saturated carbocycles. The third kappa shape index (κ3) is 2.41. The Kier molecular flexibility index (Phi) is 3.33. The van der Waals surface area contributed by atoms with Crippen LogP contribution in [-0.2, 0) is 6.54 Å². The fourth-order valence-corrected chi connectivity index (χ4v) is 2.81. The van der Waals surface area contributed by atoms with E-state index in [4.69, 9.17) is 21.1 Å². The highest BCUT2D eigenvalue weighted by Crippen LogP contribution is 2.40. The Morgan fingerprint density at radius 2 is 2.33 bits per heavy atom. The van der Waals surface area contributed by atoms with Gasteiger partial charge in [0.15, 0.2) is 11.5 Å². The number of benzene rings is 1. The van der Waals surface area contributed by atoms with Gasteiger partial charge in [0.2, 0.25) is 6.79 Å². The molecule has 2 aliphatic heterocycles. The summed E-state index contributed by atoms with van der Waals surface area (Å²) in [5, 5.41) is 4.08. The van der Waals surface area contributed by atoms with Crippen LogP contribution in [0.25, 0.3) is 0 Å². The van der Waals surface area contributed by atoms with Crippen molar-refractivity contribution in [3.05, 3.63) is 22.7 Å². The van der Waals surface area contributed by atoms with Gasteiger partial charge in [-0.25, -0.2) is 0 Å². The van der Waals surface area contributed by atoms with Gasteiger partial charge in [0, 0.05) is 32.2 Å². The molecule has 1 atom stereocenters. The van der Waals surface area contributed by atoms with Crippen molar-refractivity contribution in [3.8, 4) is 11.5 Å². The van der Waals surface area contributed by atoms with Gasteiger partial charge >= 0.3 is 0 Å². The topological polar surface area (TPSA) is 33.7 Å². The average Bonchev–Trinajstić information content (AvgIpc) is 2.77. The Morgan fingerprint density at radius 3 is 3.17 bits per heavy atom. The lowest BCUT2D eigenvalue weighted by atomic mass is 10.1. The molecule has 1 aromatic rings. The van der Waals surface area contributed by atoms with E-state index in [2.05, 4.69) is 17.1 Å². The third-order valence-corrected chi connectivity index (χ3v) is 3.63. The van der Waals surface area contributed by atoms with E-state index in [0.717, 1.165) is 31.9 Å². The minimum Gasteiger partial charge on any atom is -0.454 e. The van der Waals surface area contributed by atoms with Crippen LogP contribution in [-0.4, -0.2) is 37.4 Å². The van der Waals surface area contributed by atoms with Crippen molar-refractivity contribution in [3.63, 3.8) is 0 Å². The summed E-state index contributed by atoms with van der Waals surface area (Å²) >= 11 is 6.19. The number of nitrogens with one attached hydrogen (secondary N) is 1. The first-order chi connectivity index (χ1) is 8.72. The van der Waals surface area contributed by atoms with Gasteiger partial charge in [-0.2, -0.15) is 0 Å². The lowest BCUT2D eigenvalue weighted by Gasteiger charge is -2.31. The summed E-state index contributed by atoms with van der Waals surface area (Å²) in [4.78, 5) is 2.43. The zero-order valence-electron chi connectivity index (χ0n) is 10.4. The molecule has 1 saturated heterocycles. The molecule has 0 aromatic heterocycles. The van der Waals surface area contributed by atoms with Crippen molar-refractivity contribution in [1.82, 2.24) is 10.2 Å². The second-order valence-electron chi connectivity index (χ2n) is 4.90. The Bertz CT molecular complexity index is 453. The average molecular weight is 269 g/mol. The molecule has 1 aromatic carbocycles. The molecular formula is C13H17ClN2O2. The Morgan fingerprint density at radius 1 is 1.44 bits per heavy atom. The Balaban J connectivity index is 1.75. The number of rotatable bonds is 2. The first kappa shape index (κ1) is 12.1. The van der Waals surface area contributed by atoms with Gasteiger partial charge < -0.3 is 14.8 Å². The Labute approximate surface area is 112 Å². The quantitative estimate of drug-likeness (QED) is 0.888. The van der Waals surface area contributed by atoms with Crippen LogP contribution in [0.15, 0.2) is 12.1 Å². The summed E-state index contributed by atoms with van der Waals surface area (Å²) in [5.41, 5.74) is 1.18. The van der Waals surface area contributed by atoms with Crippen LogP contribution in [0.3, 0.4) is 0 Å². The van der Waals surface area contributed by atoms with Crippen molar-refractivity contribution in [2.24, 2.45) is 0 Å². The number of nitrogens with zero attached hydrogens (tertiary/aromatic N) is 1. The van der Waals surface area contributed by atoms with Gasteiger partial charge in [-0.3, -0.25) is 4.90 Å². The smallest absolute Gasteiger partial charge is 0.231 e. The summed E-state index contributed by atoms with van der Waals surface area (Å²) < 4.78 is 10.7. The highest BCUT2D eigenvalue weighted by atomic mass is 35.5. The van der Waals surface area contributed by atoms with Crippen molar-refractivity contribution in [2.45, 2.75) is 19.5 Å². The molecule has 1 fully saturated rings. The van der Waals surface area contributed by atoms with E-state index in [1.807, 2.05) is 12.1 Å². The summed E-state index contributed by atoms with van der Waals surface area (Å²) in [6, 6.07) is 4.55. The molecular weight excluding hydrogens is 252 g/mol. The van der Waals surface area contributed by atoms with Gasteiger partial charge in [0.05, 0.1) is 5.02 Å². The van der Waals surface area contributed by atoms with Crippen LogP contribution >= 0.6 is 11.6 Å². The van der Waals surface area contributed by atoms with Crippen LogP contribution in [0.1, 0.15) is 12.5 Å². The monoisotopic (exact) mass is 268 g/mol. The van der Waals surface area contributed by atoms with E-state index in [1.54, 1.807) is 0 Å². The molecule has 4 nitrogen and oxygen atoms in total. The second-order valence-corrected chi connectivity index (χ2v) is 5.31. The lowest BCUT2D eigenvalue weighted by molar-refractivity contribution is 0.173. The molecule has 0 spiro atoms. The summed E-state index contributed by atoms with van der Waals surface area (Å²) in [5.74, 6) is 1.44. The molecule has 1 N–H and O–H groups in total. The van der Waals surface area contributed by atoms with E-state index in [0.29, 0.717) is 16.8 Å². The van der Waals surface area contributed by atoms with Crippen molar-refractivity contribution < 1.29 is 9.47 Å². The van der Waals surface area contributed by atoms with Crippen molar-refractivity contribution >= 4 is 11.6 Å². The molecule has 2 heterocycles. The Hall–Kier alpha value is -0.970. The van der Waals surface area contributed by atoms with E-state index in [1.165, 1.54) is 5.56 Å². The largest absolute Gasteiger partial charge is 0.454 e. The fraction of sp³-hybridized carbons (Fsp3) is 0.538. The summed E-state index contributed by atoms with van der Waals surface area (Å²) in [6.45, 7) is 6.55. The molecule has 2 aliphatic rings. The molecule has 5 heteroatoms. The number of hydrogen-bond donors (Lipinski definition) is 1. The van der Waals surface area contributed by atoms with Crippen LogP contribution in [0, 0.1) is 0 Å². The number of piperazine rings is 1. The molecule has 98 valence electrons. The van der Waals surface area contributed by atoms with Crippen molar-refractivity contribution in [2.75, 3.05) is 26.4 Å². The highest BCUT2D eigenvalue weighted by molar-refractivity contribution is 6.32. The predicted octanol–water partition coefficient (Wildman–Crippen LogP) is 1.86. The normalized spacial score (nSPS) is 23.3. The van der Waals surface area contributed by atoms with Crippen LogP contribution in [0.5, 0.6) is 11.5 Å². The molecule has 18 heavy (non-hydrogen) atoms. The third-order valence-electron chi connectivity index (χ3n) is 3.35. The number of ether oxygens (including phenoxy) is 2. The highest BCUT2D eigenvalue weighted by Gasteiger charge is 2.20.